The van der Waals surface area contributed by atoms with Gasteiger partial charge in [0.1, 0.15) is 11.9 Å². The standard InChI is InChI=1S/C25H19NO/c1-25-13-5-4-8-24(25)27-23-12-10-17(15-20(23)25)16-9-11-22-19(14-16)18-6-2-3-7-21(18)26-22/h2-15,24,26H,1H3. The number of aromatic amines is 1. The fraction of sp³-hybridized carbons (Fsp3) is 0.120. The van der Waals surface area contributed by atoms with Gasteiger partial charge in [-0.15, -0.1) is 0 Å². The molecule has 130 valence electrons. The van der Waals surface area contributed by atoms with Crippen LogP contribution < -0.4 is 4.74 Å². The maximum absolute atomic E-state index is 6.18. The van der Waals surface area contributed by atoms with Crippen molar-refractivity contribution in [1.29, 1.82) is 0 Å². The predicted molar refractivity (Wildman–Crippen MR) is 111 cm³/mol. The molecule has 1 aliphatic heterocycles. The Morgan fingerprint density at radius 2 is 1.67 bits per heavy atom. The second kappa shape index (κ2) is 5.14. The summed E-state index contributed by atoms with van der Waals surface area (Å²) in [7, 11) is 0. The Balaban J connectivity index is 1.52. The fourth-order valence-corrected chi connectivity index (χ4v) is 4.52. The fourth-order valence-electron chi connectivity index (χ4n) is 4.52. The Morgan fingerprint density at radius 1 is 0.852 bits per heavy atom. The molecular weight excluding hydrogens is 330 g/mol. The van der Waals surface area contributed by atoms with Crippen molar-refractivity contribution in [2.24, 2.45) is 0 Å². The highest BCUT2D eigenvalue weighted by atomic mass is 16.5. The smallest absolute Gasteiger partial charge is 0.130 e. The molecule has 2 aliphatic rings. The highest BCUT2D eigenvalue weighted by Crippen LogP contribution is 2.47. The molecule has 2 atom stereocenters. The minimum Gasteiger partial charge on any atom is -0.485 e. The van der Waals surface area contributed by atoms with Crippen molar-refractivity contribution in [3.8, 4) is 16.9 Å². The molecule has 0 bridgehead atoms. The molecule has 2 heteroatoms. The van der Waals surface area contributed by atoms with Gasteiger partial charge >= 0.3 is 0 Å². The van der Waals surface area contributed by atoms with Crippen LogP contribution in [0.25, 0.3) is 32.9 Å². The molecule has 27 heavy (non-hydrogen) atoms. The first-order valence-corrected chi connectivity index (χ1v) is 9.40. The van der Waals surface area contributed by atoms with Gasteiger partial charge in [-0.3, -0.25) is 0 Å². The average Bonchev–Trinajstić information content (AvgIpc) is 3.22. The van der Waals surface area contributed by atoms with Crippen LogP contribution in [0.3, 0.4) is 0 Å². The molecule has 4 aromatic rings. The van der Waals surface area contributed by atoms with Gasteiger partial charge in [0.05, 0.1) is 5.41 Å². The summed E-state index contributed by atoms with van der Waals surface area (Å²) in [5.74, 6) is 0.996. The van der Waals surface area contributed by atoms with E-state index < -0.39 is 0 Å². The largest absolute Gasteiger partial charge is 0.485 e. The SMILES string of the molecule is CC12C=CC=CC1Oc1ccc(-c3ccc4[nH]c5ccccc5c4c3)cc12. The van der Waals surface area contributed by atoms with E-state index in [0.717, 1.165) is 5.75 Å². The normalized spacial score (nSPS) is 22.8. The molecule has 2 heterocycles. The van der Waals surface area contributed by atoms with Crippen molar-refractivity contribution >= 4 is 21.8 Å². The van der Waals surface area contributed by atoms with Crippen LogP contribution in [0, 0.1) is 0 Å². The average molecular weight is 349 g/mol. The summed E-state index contributed by atoms with van der Waals surface area (Å²) >= 11 is 0. The van der Waals surface area contributed by atoms with E-state index in [1.54, 1.807) is 0 Å². The molecule has 0 saturated heterocycles. The van der Waals surface area contributed by atoms with Gasteiger partial charge in [-0.1, -0.05) is 48.6 Å². The third kappa shape index (κ3) is 2.01. The first-order chi connectivity index (χ1) is 13.2. The zero-order valence-electron chi connectivity index (χ0n) is 15.1. The Hall–Kier alpha value is -3.26. The van der Waals surface area contributed by atoms with E-state index in [0.29, 0.717) is 0 Å². The van der Waals surface area contributed by atoms with Crippen molar-refractivity contribution in [3.05, 3.63) is 90.5 Å². The molecule has 1 aliphatic carbocycles. The number of hydrogen-bond acceptors (Lipinski definition) is 1. The quantitative estimate of drug-likeness (QED) is 0.439. The number of para-hydroxylation sites is 1. The van der Waals surface area contributed by atoms with Gasteiger partial charge < -0.3 is 9.72 Å². The summed E-state index contributed by atoms with van der Waals surface area (Å²) in [5.41, 5.74) is 6.00. The van der Waals surface area contributed by atoms with Crippen LogP contribution in [0.15, 0.2) is 85.0 Å². The van der Waals surface area contributed by atoms with Crippen molar-refractivity contribution in [3.63, 3.8) is 0 Å². The van der Waals surface area contributed by atoms with E-state index in [2.05, 4.69) is 96.9 Å². The number of aromatic nitrogens is 1. The lowest BCUT2D eigenvalue weighted by atomic mass is 9.76. The molecule has 2 nitrogen and oxygen atoms in total. The maximum atomic E-state index is 6.18. The molecule has 1 aromatic heterocycles. The molecule has 6 rings (SSSR count). The Morgan fingerprint density at radius 3 is 2.63 bits per heavy atom. The van der Waals surface area contributed by atoms with Crippen LogP contribution in [-0.2, 0) is 5.41 Å². The van der Waals surface area contributed by atoms with Gasteiger partial charge in [0.15, 0.2) is 0 Å². The summed E-state index contributed by atoms with van der Waals surface area (Å²) in [6, 6.07) is 21.7. The van der Waals surface area contributed by atoms with Gasteiger partial charge in [0, 0.05) is 27.4 Å². The van der Waals surface area contributed by atoms with Crippen LogP contribution in [0.4, 0.5) is 0 Å². The Kier molecular flexibility index (Phi) is 2.83. The van der Waals surface area contributed by atoms with E-state index >= 15 is 0 Å². The number of fused-ring (bicyclic) bond motifs is 6. The number of ether oxygens (including phenoxy) is 1. The van der Waals surface area contributed by atoms with E-state index in [-0.39, 0.29) is 11.5 Å². The zero-order chi connectivity index (χ0) is 18.0. The molecule has 0 amide bonds. The number of benzene rings is 3. The van der Waals surface area contributed by atoms with Crippen molar-refractivity contribution in [2.75, 3.05) is 0 Å². The van der Waals surface area contributed by atoms with E-state index in [1.165, 1.54) is 38.5 Å². The minimum atomic E-state index is -0.0923. The van der Waals surface area contributed by atoms with E-state index in [9.17, 15) is 0 Å². The first-order valence-electron chi connectivity index (χ1n) is 9.40. The van der Waals surface area contributed by atoms with Crippen LogP contribution in [0.1, 0.15) is 12.5 Å². The number of nitrogens with one attached hydrogen (secondary N) is 1. The lowest BCUT2D eigenvalue weighted by molar-refractivity contribution is 0.228. The number of H-pyrrole nitrogens is 1. The molecule has 0 saturated carbocycles. The van der Waals surface area contributed by atoms with E-state index in [4.69, 9.17) is 4.74 Å². The highest BCUT2D eigenvalue weighted by molar-refractivity contribution is 6.08. The van der Waals surface area contributed by atoms with Gasteiger partial charge in [-0.05, 0) is 54.5 Å². The van der Waals surface area contributed by atoms with Crippen molar-refractivity contribution in [2.45, 2.75) is 18.4 Å². The molecule has 3 aromatic carbocycles. The zero-order valence-corrected chi connectivity index (χ0v) is 15.1. The topological polar surface area (TPSA) is 25.0 Å². The molecular formula is C25H19NO. The summed E-state index contributed by atoms with van der Waals surface area (Å²) < 4.78 is 6.18. The third-order valence-corrected chi connectivity index (χ3v) is 6.08. The molecule has 2 unspecified atom stereocenters. The number of hydrogen-bond donors (Lipinski definition) is 1. The monoisotopic (exact) mass is 349 g/mol. The van der Waals surface area contributed by atoms with Crippen LogP contribution >= 0.6 is 0 Å². The number of rotatable bonds is 1. The second-order valence-electron chi connectivity index (χ2n) is 7.71. The summed E-state index contributed by atoms with van der Waals surface area (Å²) in [5, 5.41) is 2.54. The summed E-state index contributed by atoms with van der Waals surface area (Å²) in [6.07, 6.45) is 8.70. The van der Waals surface area contributed by atoms with Crippen molar-refractivity contribution in [1.82, 2.24) is 4.98 Å². The molecule has 0 radical (unpaired) electrons. The third-order valence-electron chi connectivity index (χ3n) is 6.08. The predicted octanol–water partition coefficient (Wildman–Crippen LogP) is 6.13. The second-order valence-corrected chi connectivity index (χ2v) is 7.71. The molecule has 0 fully saturated rings. The highest BCUT2D eigenvalue weighted by Gasteiger charge is 2.43. The lowest BCUT2D eigenvalue weighted by Gasteiger charge is -2.27. The molecule has 1 N–H and O–H groups in total. The summed E-state index contributed by atoms with van der Waals surface area (Å²) in [4.78, 5) is 3.50. The van der Waals surface area contributed by atoms with Gasteiger partial charge in [-0.2, -0.15) is 0 Å². The van der Waals surface area contributed by atoms with Gasteiger partial charge in [0.2, 0.25) is 0 Å². The van der Waals surface area contributed by atoms with Crippen molar-refractivity contribution < 1.29 is 4.74 Å². The summed E-state index contributed by atoms with van der Waals surface area (Å²) in [6.45, 7) is 2.26. The molecule has 0 spiro atoms. The van der Waals surface area contributed by atoms with Crippen LogP contribution in [0.5, 0.6) is 5.75 Å². The lowest BCUT2D eigenvalue weighted by Crippen LogP contribution is -2.32. The Bertz CT molecular complexity index is 1280. The first kappa shape index (κ1) is 14.9. The maximum Gasteiger partial charge on any atom is 0.130 e. The Labute approximate surface area is 157 Å². The minimum absolute atomic E-state index is 0.0869. The van der Waals surface area contributed by atoms with Crippen LogP contribution in [0.2, 0.25) is 0 Å². The van der Waals surface area contributed by atoms with E-state index in [1.807, 2.05) is 0 Å². The van der Waals surface area contributed by atoms with Gasteiger partial charge in [0.25, 0.3) is 0 Å². The van der Waals surface area contributed by atoms with Crippen LogP contribution in [-0.4, -0.2) is 11.1 Å². The number of allylic oxidation sites excluding steroid dienone is 2. The van der Waals surface area contributed by atoms with Gasteiger partial charge in [-0.25, -0.2) is 0 Å².